The van der Waals surface area contributed by atoms with Crippen LogP contribution in [-0.4, -0.2) is 56.4 Å². The van der Waals surface area contributed by atoms with Crippen molar-refractivity contribution in [3.63, 3.8) is 0 Å². The number of benzene rings is 1. The lowest BCUT2D eigenvalue weighted by Crippen LogP contribution is -2.37. The third kappa shape index (κ3) is 4.17. The molecule has 9 heteroatoms. The fourth-order valence-corrected chi connectivity index (χ4v) is 5.55. The zero-order valence-electron chi connectivity index (χ0n) is 21.4. The smallest absolute Gasteiger partial charge is 0.222 e. The zero-order valence-corrected chi connectivity index (χ0v) is 21.4. The van der Waals surface area contributed by atoms with Crippen molar-refractivity contribution in [3.05, 3.63) is 59.5 Å². The van der Waals surface area contributed by atoms with Crippen molar-refractivity contribution in [2.45, 2.75) is 44.9 Å². The Hall–Kier alpha value is -4.27. The molecule has 2 aliphatic rings. The number of nitrogens with two attached hydrogens (primary N) is 1. The van der Waals surface area contributed by atoms with Gasteiger partial charge in [0, 0.05) is 48.3 Å². The highest BCUT2D eigenvalue weighted by Gasteiger charge is 2.28. The number of rotatable bonds is 5. The molecule has 9 nitrogen and oxygen atoms in total. The van der Waals surface area contributed by atoms with E-state index in [1.165, 1.54) is 10.1 Å². The number of aryl methyl sites for hydroxylation is 1. The van der Waals surface area contributed by atoms with Crippen LogP contribution < -0.4 is 10.5 Å². The van der Waals surface area contributed by atoms with E-state index in [0.29, 0.717) is 36.4 Å². The number of carbonyl (C=O) groups is 2. The number of aromatic nitrogens is 4. The Bertz CT molecular complexity index is 1520. The number of hydrogen-bond donors (Lipinski definition) is 1. The highest BCUT2D eigenvalue weighted by Crippen LogP contribution is 2.35. The maximum atomic E-state index is 12.1. The molecule has 0 spiro atoms. The van der Waals surface area contributed by atoms with E-state index in [1.54, 1.807) is 6.20 Å². The van der Waals surface area contributed by atoms with Gasteiger partial charge in [-0.25, -0.2) is 4.98 Å². The second-order valence-electron chi connectivity index (χ2n) is 9.92. The highest BCUT2D eigenvalue weighted by atomic mass is 16.5. The summed E-state index contributed by atoms with van der Waals surface area (Å²) < 4.78 is 7.26. The molecule has 1 fully saturated rings. The van der Waals surface area contributed by atoms with E-state index in [9.17, 15) is 9.59 Å². The lowest BCUT2D eigenvalue weighted by Gasteiger charge is -2.32. The zero-order chi connectivity index (χ0) is 26.2. The molecule has 1 aromatic carbocycles. The van der Waals surface area contributed by atoms with Crippen molar-refractivity contribution in [3.8, 4) is 28.1 Å². The van der Waals surface area contributed by atoms with Crippen LogP contribution in [0.2, 0.25) is 0 Å². The second kappa shape index (κ2) is 9.89. The number of likely N-dealkylation sites (tertiary alicyclic amines) is 1. The van der Waals surface area contributed by atoms with Gasteiger partial charge >= 0.3 is 0 Å². The average Bonchev–Trinajstić information content (AvgIpc) is 3.41. The molecule has 0 unspecified atom stereocenters. The van der Waals surface area contributed by atoms with Crippen LogP contribution in [0.25, 0.3) is 28.0 Å². The molecule has 194 valence electrons. The number of hydrogen-bond acceptors (Lipinski definition) is 7. The molecule has 0 saturated carbocycles. The summed E-state index contributed by atoms with van der Waals surface area (Å²) in [5, 5.41) is 4.44. The van der Waals surface area contributed by atoms with Gasteiger partial charge in [0.1, 0.15) is 11.6 Å². The van der Waals surface area contributed by atoms with Crippen molar-refractivity contribution in [1.29, 1.82) is 0 Å². The quantitative estimate of drug-likeness (QED) is 0.398. The third-order valence-electron chi connectivity index (χ3n) is 7.68. The van der Waals surface area contributed by atoms with Gasteiger partial charge in [-0.3, -0.25) is 14.6 Å². The first kappa shape index (κ1) is 24.1. The van der Waals surface area contributed by atoms with Gasteiger partial charge in [0.15, 0.2) is 11.9 Å². The van der Waals surface area contributed by atoms with Crippen molar-refractivity contribution in [1.82, 2.24) is 24.5 Å². The van der Waals surface area contributed by atoms with Gasteiger partial charge in [-0.2, -0.15) is 9.61 Å². The molecular formula is C29H30N6O3. The first-order valence-corrected chi connectivity index (χ1v) is 13.2. The number of amides is 1. The summed E-state index contributed by atoms with van der Waals surface area (Å²) in [7, 11) is 0. The predicted octanol–water partition coefficient (Wildman–Crippen LogP) is 4.29. The Morgan fingerprint density at radius 1 is 1.16 bits per heavy atom. The Morgan fingerprint density at radius 3 is 2.71 bits per heavy atom. The molecule has 3 aromatic heterocycles. The predicted molar refractivity (Wildman–Crippen MR) is 144 cm³/mol. The Kier molecular flexibility index (Phi) is 6.27. The lowest BCUT2D eigenvalue weighted by atomic mass is 9.90. The Balaban J connectivity index is 1.32. The van der Waals surface area contributed by atoms with E-state index in [1.807, 2.05) is 42.3 Å². The summed E-state index contributed by atoms with van der Waals surface area (Å²) >= 11 is 0. The van der Waals surface area contributed by atoms with E-state index < -0.39 is 0 Å². The van der Waals surface area contributed by atoms with Crippen LogP contribution in [0.3, 0.4) is 0 Å². The molecule has 6 rings (SSSR count). The number of nitrogen functional groups attached to an aromatic ring is 1. The van der Waals surface area contributed by atoms with E-state index in [0.717, 1.165) is 66.7 Å². The molecule has 2 aliphatic heterocycles. The third-order valence-corrected chi connectivity index (χ3v) is 7.68. The number of piperidine rings is 1. The molecule has 0 radical (unpaired) electrons. The fourth-order valence-electron chi connectivity index (χ4n) is 5.55. The minimum absolute atomic E-state index is 0.0413. The molecule has 4 aromatic rings. The SMILES string of the molecule is CCC(=O)N1CCC(c2nc3c(-c4ccc(-c5ccc6c(c5)CCCO6)nc4)cnn3c(N)c2C=O)CC1. The van der Waals surface area contributed by atoms with E-state index in [-0.39, 0.29) is 17.6 Å². The number of aldehydes is 1. The average molecular weight is 511 g/mol. The van der Waals surface area contributed by atoms with Gasteiger partial charge in [0.05, 0.1) is 29.8 Å². The lowest BCUT2D eigenvalue weighted by molar-refractivity contribution is -0.131. The Labute approximate surface area is 220 Å². The molecule has 0 bridgehead atoms. The normalized spacial score (nSPS) is 15.8. The van der Waals surface area contributed by atoms with E-state index in [2.05, 4.69) is 11.2 Å². The van der Waals surface area contributed by atoms with Crippen molar-refractivity contribution < 1.29 is 14.3 Å². The Morgan fingerprint density at radius 2 is 1.97 bits per heavy atom. The molecule has 0 aliphatic carbocycles. The minimum Gasteiger partial charge on any atom is -0.493 e. The monoisotopic (exact) mass is 510 g/mol. The van der Waals surface area contributed by atoms with Gasteiger partial charge < -0.3 is 15.4 Å². The molecule has 1 amide bonds. The summed E-state index contributed by atoms with van der Waals surface area (Å²) in [5.74, 6) is 1.43. The van der Waals surface area contributed by atoms with E-state index in [4.69, 9.17) is 20.4 Å². The second-order valence-corrected chi connectivity index (χ2v) is 9.92. The van der Waals surface area contributed by atoms with Crippen LogP contribution in [0.5, 0.6) is 5.75 Å². The number of ether oxygens (including phenoxy) is 1. The molecule has 1 saturated heterocycles. The summed E-state index contributed by atoms with van der Waals surface area (Å²) in [6.45, 7) is 3.94. The fraction of sp³-hybridized carbons (Fsp3) is 0.345. The van der Waals surface area contributed by atoms with Gasteiger partial charge in [-0.1, -0.05) is 13.0 Å². The number of nitrogens with zero attached hydrogens (tertiary/aromatic N) is 5. The van der Waals surface area contributed by atoms with Gasteiger partial charge in [0.2, 0.25) is 5.91 Å². The maximum Gasteiger partial charge on any atom is 0.222 e. The number of anilines is 1. The van der Waals surface area contributed by atoms with Crippen molar-refractivity contribution in [2.24, 2.45) is 0 Å². The van der Waals surface area contributed by atoms with Crippen LogP contribution in [-0.2, 0) is 11.2 Å². The van der Waals surface area contributed by atoms with Crippen LogP contribution in [0, 0.1) is 0 Å². The summed E-state index contributed by atoms with van der Waals surface area (Å²) in [4.78, 5) is 35.7. The molecule has 0 atom stereocenters. The van der Waals surface area contributed by atoms with Crippen LogP contribution >= 0.6 is 0 Å². The largest absolute Gasteiger partial charge is 0.493 e. The van der Waals surface area contributed by atoms with Gasteiger partial charge in [-0.05, 0) is 55.5 Å². The van der Waals surface area contributed by atoms with Crippen LogP contribution in [0.4, 0.5) is 5.82 Å². The first-order chi connectivity index (χ1) is 18.6. The first-order valence-electron chi connectivity index (χ1n) is 13.2. The van der Waals surface area contributed by atoms with Crippen molar-refractivity contribution >= 4 is 23.7 Å². The molecule has 38 heavy (non-hydrogen) atoms. The van der Waals surface area contributed by atoms with Gasteiger partial charge in [0.25, 0.3) is 0 Å². The highest BCUT2D eigenvalue weighted by molar-refractivity contribution is 5.87. The van der Waals surface area contributed by atoms with E-state index >= 15 is 0 Å². The van der Waals surface area contributed by atoms with Crippen molar-refractivity contribution in [2.75, 3.05) is 25.4 Å². The number of carbonyl (C=O) groups excluding carboxylic acids is 2. The topological polar surface area (TPSA) is 116 Å². The molecular weight excluding hydrogens is 480 g/mol. The summed E-state index contributed by atoms with van der Waals surface area (Å²) in [5.41, 5.74) is 12.9. The van der Waals surface area contributed by atoms with Crippen LogP contribution in [0.1, 0.15) is 60.1 Å². The van der Waals surface area contributed by atoms with Gasteiger partial charge in [-0.15, -0.1) is 0 Å². The summed E-state index contributed by atoms with van der Waals surface area (Å²) in [6, 6.07) is 10.2. The number of pyridine rings is 1. The maximum absolute atomic E-state index is 12.1. The summed E-state index contributed by atoms with van der Waals surface area (Å²) in [6.07, 6.45) is 8.31. The standard InChI is InChI=1S/C29H30N6O3/c1-2-26(37)34-11-9-18(10-12-34)27-23(17-36)28(30)35-29(33-27)22(16-32-35)21-5-7-24(31-15-21)19-6-8-25-20(14-19)4-3-13-38-25/h5-8,14-18H,2-4,9-13,30H2,1H3. The number of fused-ring (bicyclic) bond motifs is 2. The minimum atomic E-state index is 0.0413. The molecule has 2 N–H and O–H groups in total. The molecule has 5 heterocycles. The van der Waals surface area contributed by atoms with Crippen LogP contribution in [0.15, 0.2) is 42.7 Å².